The minimum absolute atomic E-state index is 0.154. The lowest BCUT2D eigenvalue weighted by molar-refractivity contribution is -0.141. The second-order valence-electron chi connectivity index (χ2n) is 7.16. The number of amides is 1. The molecule has 152 valence electrons. The maximum Gasteiger partial charge on any atom is 0.435 e. The number of nitrogens with zero attached hydrogens (tertiary/aromatic N) is 2. The number of carbonyl (C=O) groups is 1. The highest BCUT2D eigenvalue weighted by atomic mass is 32.1. The van der Waals surface area contributed by atoms with Crippen molar-refractivity contribution >= 4 is 17.2 Å². The monoisotopic (exact) mass is 419 g/mol. The van der Waals surface area contributed by atoms with E-state index in [0.29, 0.717) is 21.8 Å². The summed E-state index contributed by atoms with van der Waals surface area (Å²) in [6.07, 6.45) is 0.893. The van der Waals surface area contributed by atoms with Gasteiger partial charge in [0.25, 0.3) is 5.91 Å². The van der Waals surface area contributed by atoms with Crippen molar-refractivity contribution in [2.75, 3.05) is 0 Å². The molecule has 0 aliphatic heterocycles. The number of hydrogen-bond donors (Lipinski definition) is 1. The third-order valence-corrected chi connectivity index (χ3v) is 5.98. The summed E-state index contributed by atoms with van der Waals surface area (Å²) >= 11 is 1.34. The second kappa shape index (κ2) is 8.02. The zero-order valence-electron chi connectivity index (χ0n) is 15.6. The first-order chi connectivity index (χ1) is 13.9. The molecule has 0 bridgehead atoms. The number of hydrogen-bond acceptors (Lipinski definition) is 3. The van der Waals surface area contributed by atoms with Crippen LogP contribution in [0.15, 0.2) is 47.8 Å². The molecule has 1 saturated carbocycles. The molecule has 0 saturated heterocycles. The molecule has 2 aromatic heterocycles. The number of rotatable bonds is 4. The maximum absolute atomic E-state index is 13.2. The van der Waals surface area contributed by atoms with Gasteiger partial charge in [0.15, 0.2) is 5.69 Å². The van der Waals surface area contributed by atoms with Crippen molar-refractivity contribution < 1.29 is 18.0 Å². The quantitative estimate of drug-likeness (QED) is 0.591. The smallest absolute Gasteiger partial charge is 0.349 e. The summed E-state index contributed by atoms with van der Waals surface area (Å²) in [7, 11) is 0. The third-order valence-electron chi connectivity index (χ3n) is 5.09. The van der Waals surface area contributed by atoms with Crippen LogP contribution in [0.25, 0.3) is 16.3 Å². The molecule has 0 unspecified atom stereocenters. The van der Waals surface area contributed by atoms with Crippen LogP contribution in [0.3, 0.4) is 0 Å². The van der Waals surface area contributed by atoms with Crippen molar-refractivity contribution in [3.05, 3.63) is 59.1 Å². The number of nitrogens with one attached hydrogen (secondary N) is 1. The molecule has 1 amide bonds. The minimum Gasteiger partial charge on any atom is -0.349 e. The van der Waals surface area contributed by atoms with Crippen molar-refractivity contribution in [3.8, 4) is 16.3 Å². The lowest BCUT2D eigenvalue weighted by Gasteiger charge is -2.22. The Morgan fingerprint density at radius 2 is 1.83 bits per heavy atom. The lowest BCUT2D eigenvalue weighted by atomic mass is 9.95. The third kappa shape index (κ3) is 4.37. The molecule has 1 aromatic carbocycles. The molecule has 3 aromatic rings. The minimum atomic E-state index is -4.53. The number of benzene rings is 1. The van der Waals surface area contributed by atoms with E-state index < -0.39 is 11.9 Å². The SMILES string of the molecule is O=C(NC1CCCCC1)c1ccc(-n2nc(C(F)(F)F)cc2-c2cccs2)cc1. The zero-order chi connectivity index (χ0) is 20.4. The van der Waals surface area contributed by atoms with Crippen molar-refractivity contribution in [2.24, 2.45) is 0 Å². The average molecular weight is 419 g/mol. The molecule has 2 heterocycles. The molecular weight excluding hydrogens is 399 g/mol. The summed E-state index contributed by atoms with van der Waals surface area (Å²) in [5.41, 5.74) is 0.380. The lowest BCUT2D eigenvalue weighted by Crippen LogP contribution is -2.36. The summed E-state index contributed by atoms with van der Waals surface area (Å²) in [4.78, 5) is 13.2. The Morgan fingerprint density at radius 1 is 1.10 bits per heavy atom. The van der Waals surface area contributed by atoms with Gasteiger partial charge in [0.1, 0.15) is 0 Å². The molecule has 1 N–H and O–H groups in total. The summed E-state index contributed by atoms with van der Waals surface area (Å²) in [6, 6.07) is 11.3. The Morgan fingerprint density at radius 3 is 2.45 bits per heavy atom. The molecule has 1 aliphatic carbocycles. The van der Waals surface area contributed by atoms with E-state index in [4.69, 9.17) is 0 Å². The predicted octanol–water partition coefficient (Wildman–Crippen LogP) is 5.68. The maximum atomic E-state index is 13.2. The summed E-state index contributed by atoms with van der Waals surface area (Å²) in [5.74, 6) is -0.154. The molecule has 0 radical (unpaired) electrons. The van der Waals surface area contributed by atoms with Crippen LogP contribution >= 0.6 is 11.3 Å². The summed E-state index contributed by atoms with van der Waals surface area (Å²) < 4.78 is 40.9. The standard InChI is InChI=1S/C21H20F3N3OS/c22-21(23,24)19-13-17(18-7-4-12-29-18)27(26-19)16-10-8-14(9-11-16)20(28)25-15-5-2-1-3-6-15/h4,7-13,15H,1-3,5-6H2,(H,25,28). The first kappa shape index (κ1) is 19.7. The Hall–Kier alpha value is -2.61. The Bertz CT molecular complexity index is 972. The largest absolute Gasteiger partial charge is 0.435 e. The first-order valence-electron chi connectivity index (χ1n) is 9.54. The van der Waals surface area contributed by atoms with Crippen LogP contribution in [-0.4, -0.2) is 21.7 Å². The Kier molecular flexibility index (Phi) is 5.45. The van der Waals surface area contributed by atoms with Gasteiger partial charge in [-0.15, -0.1) is 11.3 Å². The van der Waals surface area contributed by atoms with Gasteiger partial charge < -0.3 is 5.32 Å². The highest BCUT2D eigenvalue weighted by Gasteiger charge is 2.35. The summed E-state index contributed by atoms with van der Waals surface area (Å²) in [6.45, 7) is 0. The van der Waals surface area contributed by atoms with Gasteiger partial charge in [-0.25, -0.2) is 4.68 Å². The highest BCUT2D eigenvalue weighted by molar-refractivity contribution is 7.13. The fourth-order valence-electron chi connectivity index (χ4n) is 3.59. The van der Waals surface area contributed by atoms with E-state index in [0.717, 1.165) is 31.7 Å². The van der Waals surface area contributed by atoms with E-state index in [-0.39, 0.29) is 11.9 Å². The average Bonchev–Trinajstić information content (AvgIpc) is 3.38. The summed E-state index contributed by atoms with van der Waals surface area (Å²) in [5, 5.41) is 8.62. The van der Waals surface area contributed by atoms with E-state index in [1.165, 1.54) is 22.4 Å². The highest BCUT2D eigenvalue weighted by Crippen LogP contribution is 2.34. The topological polar surface area (TPSA) is 46.9 Å². The van der Waals surface area contributed by atoms with Crippen LogP contribution in [0.2, 0.25) is 0 Å². The Labute approximate surface area is 170 Å². The van der Waals surface area contributed by atoms with Gasteiger partial charge in [0, 0.05) is 11.6 Å². The van der Waals surface area contributed by atoms with Gasteiger partial charge in [-0.1, -0.05) is 25.3 Å². The predicted molar refractivity (Wildman–Crippen MR) is 106 cm³/mol. The molecule has 29 heavy (non-hydrogen) atoms. The first-order valence-corrected chi connectivity index (χ1v) is 10.4. The van der Waals surface area contributed by atoms with Crippen molar-refractivity contribution in [3.63, 3.8) is 0 Å². The number of halogens is 3. The van der Waals surface area contributed by atoms with Crippen molar-refractivity contribution in [1.82, 2.24) is 15.1 Å². The van der Waals surface area contributed by atoms with E-state index in [9.17, 15) is 18.0 Å². The number of thiophene rings is 1. The molecular formula is C21H20F3N3OS. The number of aromatic nitrogens is 2. The molecule has 0 atom stereocenters. The van der Waals surface area contributed by atoms with Gasteiger partial charge in [-0.2, -0.15) is 18.3 Å². The van der Waals surface area contributed by atoms with Crippen LogP contribution < -0.4 is 5.32 Å². The molecule has 1 aliphatic rings. The van der Waals surface area contributed by atoms with Gasteiger partial charge in [-0.05, 0) is 54.6 Å². The second-order valence-corrected chi connectivity index (χ2v) is 8.10. The molecule has 0 spiro atoms. The molecule has 4 nitrogen and oxygen atoms in total. The van der Waals surface area contributed by atoms with Crippen LogP contribution in [0, 0.1) is 0 Å². The normalized spacial score (nSPS) is 15.4. The van der Waals surface area contributed by atoms with Gasteiger partial charge in [-0.3, -0.25) is 4.79 Å². The van der Waals surface area contributed by atoms with Gasteiger partial charge in [0.2, 0.25) is 0 Å². The number of alkyl halides is 3. The van der Waals surface area contributed by atoms with Crippen LogP contribution in [0.1, 0.15) is 48.2 Å². The van der Waals surface area contributed by atoms with Crippen LogP contribution in [0.4, 0.5) is 13.2 Å². The van der Waals surface area contributed by atoms with E-state index in [2.05, 4.69) is 10.4 Å². The Balaban J connectivity index is 1.60. The fraction of sp³-hybridized carbons (Fsp3) is 0.333. The van der Waals surface area contributed by atoms with Crippen molar-refractivity contribution in [2.45, 2.75) is 44.3 Å². The van der Waals surface area contributed by atoms with Crippen LogP contribution in [0.5, 0.6) is 0 Å². The van der Waals surface area contributed by atoms with Crippen LogP contribution in [-0.2, 0) is 6.18 Å². The zero-order valence-corrected chi connectivity index (χ0v) is 16.4. The van der Waals surface area contributed by atoms with E-state index in [1.54, 1.807) is 41.8 Å². The molecule has 1 fully saturated rings. The van der Waals surface area contributed by atoms with Gasteiger partial charge >= 0.3 is 6.18 Å². The molecule has 8 heteroatoms. The number of carbonyl (C=O) groups excluding carboxylic acids is 1. The molecule has 4 rings (SSSR count). The van der Waals surface area contributed by atoms with E-state index in [1.807, 2.05) is 0 Å². The van der Waals surface area contributed by atoms with Gasteiger partial charge in [0.05, 0.1) is 16.3 Å². The van der Waals surface area contributed by atoms with Crippen molar-refractivity contribution in [1.29, 1.82) is 0 Å². The van der Waals surface area contributed by atoms with E-state index >= 15 is 0 Å². The fourth-order valence-corrected chi connectivity index (χ4v) is 4.31.